The number of benzene rings is 2. The van der Waals surface area contributed by atoms with Gasteiger partial charge in [-0.05, 0) is 60.4 Å². The maximum Gasteiger partial charge on any atom is 0.416 e. The number of nitrogens with zero attached hydrogens (tertiary/aromatic N) is 2. The molecule has 0 aliphatic carbocycles. The Morgan fingerprint density at radius 3 is 2.34 bits per heavy atom. The summed E-state index contributed by atoms with van der Waals surface area (Å²) in [6.07, 6.45) is 0.419. The smallest absolute Gasteiger partial charge is 0.416 e. The van der Waals surface area contributed by atoms with Gasteiger partial charge in [-0.3, -0.25) is 9.78 Å². The van der Waals surface area contributed by atoms with E-state index in [1.54, 1.807) is 42.6 Å². The van der Waals surface area contributed by atoms with Gasteiger partial charge in [0.25, 0.3) is 5.91 Å². The van der Waals surface area contributed by atoms with Crippen molar-refractivity contribution in [3.63, 3.8) is 0 Å². The lowest BCUT2D eigenvalue weighted by molar-refractivity contribution is -0.137. The summed E-state index contributed by atoms with van der Waals surface area (Å²) < 4.78 is 44.3. The zero-order valence-corrected chi connectivity index (χ0v) is 18.6. The summed E-state index contributed by atoms with van der Waals surface area (Å²) in [6.45, 7) is 0.482. The van der Waals surface area contributed by atoms with E-state index in [0.717, 1.165) is 30.7 Å². The molecule has 2 aromatic carbocycles. The topological polar surface area (TPSA) is 64.1 Å². The molecule has 0 radical (unpaired) electrons. The molecule has 1 N–H and O–H groups in total. The van der Waals surface area contributed by atoms with E-state index in [9.17, 15) is 18.0 Å². The van der Waals surface area contributed by atoms with Crippen molar-refractivity contribution in [1.82, 2.24) is 9.97 Å². The third-order valence-electron chi connectivity index (χ3n) is 5.24. The van der Waals surface area contributed by atoms with E-state index in [4.69, 9.17) is 4.74 Å². The molecule has 0 unspecified atom stereocenters. The Morgan fingerprint density at radius 2 is 1.66 bits per heavy atom. The molecule has 0 atom stereocenters. The van der Waals surface area contributed by atoms with Crippen LogP contribution >= 0.6 is 0 Å². The number of rotatable bonds is 8. The summed E-state index contributed by atoms with van der Waals surface area (Å²) in [5.74, 6) is 0.0421. The number of pyridine rings is 2. The Balaban J connectivity index is 1.37. The van der Waals surface area contributed by atoms with Gasteiger partial charge in [0.2, 0.25) is 5.88 Å². The summed E-state index contributed by atoms with van der Waals surface area (Å²) in [5.41, 5.74) is 2.10. The van der Waals surface area contributed by atoms with E-state index < -0.39 is 17.6 Å². The first-order valence-electron chi connectivity index (χ1n) is 11.0. The number of alkyl halides is 3. The summed E-state index contributed by atoms with van der Waals surface area (Å²) in [5, 5.41) is 2.77. The van der Waals surface area contributed by atoms with Gasteiger partial charge < -0.3 is 10.1 Å². The molecule has 4 rings (SSSR count). The normalized spacial score (nSPS) is 11.2. The Hall–Kier alpha value is -4.20. The van der Waals surface area contributed by atoms with Crippen molar-refractivity contribution in [2.75, 3.05) is 11.9 Å². The maximum absolute atomic E-state index is 12.9. The van der Waals surface area contributed by atoms with Crippen LogP contribution in [-0.2, 0) is 12.6 Å². The minimum Gasteiger partial charge on any atom is -0.478 e. The van der Waals surface area contributed by atoms with Crippen molar-refractivity contribution in [2.24, 2.45) is 0 Å². The SMILES string of the molecule is O=C(Nc1ccc(OCCCc2ccccn2)nc1)c1ccccc1-c1ccc(C(F)(F)F)cc1. The van der Waals surface area contributed by atoms with Gasteiger partial charge in [0.05, 0.1) is 24.1 Å². The zero-order valence-electron chi connectivity index (χ0n) is 18.6. The van der Waals surface area contributed by atoms with Gasteiger partial charge in [-0.2, -0.15) is 13.2 Å². The molecule has 0 aliphatic heterocycles. The predicted octanol–water partition coefficient (Wildman–Crippen LogP) is 6.43. The lowest BCUT2D eigenvalue weighted by Crippen LogP contribution is -2.13. The summed E-state index contributed by atoms with van der Waals surface area (Å²) in [4.78, 5) is 21.4. The molecule has 0 spiro atoms. The standard InChI is InChI=1S/C27H22F3N3O2/c28-27(29,30)20-12-10-19(11-13-20)23-8-1-2-9-24(23)26(34)33-22-14-15-25(32-18-22)35-17-5-7-21-6-3-4-16-31-21/h1-4,6,8-16,18H,5,7,17H2,(H,33,34). The van der Waals surface area contributed by atoms with Gasteiger partial charge in [0, 0.05) is 23.5 Å². The lowest BCUT2D eigenvalue weighted by Gasteiger charge is -2.12. The van der Waals surface area contributed by atoms with Crippen LogP contribution in [0.3, 0.4) is 0 Å². The number of halogens is 3. The molecule has 1 amide bonds. The molecule has 2 aromatic heterocycles. The van der Waals surface area contributed by atoms with Crippen LogP contribution in [0.4, 0.5) is 18.9 Å². The van der Waals surface area contributed by atoms with E-state index in [2.05, 4.69) is 15.3 Å². The highest BCUT2D eigenvalue weighted by Gasteiger charge is 2.30. The number of carbonyl (C=O) groups excluding carboxylic acids is 1. The molecular formula is C27H22F3N3O2. The maximum atomic E-state index is 12.9. The predicted molar refractivity (Wildman–Crippen MR) is 127 cm³/mol. The number of aryl methyl sites for hydroxylation is 1. The van der Waals surface area contributed by atoms with Crippen molar-refractivity contribution in [3.05, 3.63) is 108 Å². The van der Waals surface area contributed by atoms with E-state index in [-0.39, 0.29) is 0 Å². The van der Waals surface area contributed by atoms with Crippen LogP contribution < -0.4 is 10.1 Å². The third kappa shape index (κ3) is 6.44. The van der Waals surface area contributed by atoms with Crippen LogP contribution in [0.5, 0.6) is 5.88 Å². The van der Waals surface area contributed by atoms with Crippen molar-refractivity contribution in [2.45, 2.75) is 19.0 Å². The summed E-state index contributed by atoms with van der Waals surface area (Å²) in [7, 11) is 0. The number of hydrogen-bond acceptors (Lipinski definition) is 4. The molecule has 8 heteroatoms. The number of amides is 1. The summed E-state index contributed by atoms with van der Waals surface area (Å²) >= 11 is 0. The van der Waals surface area contributed by atoms with E-state index in [1.807, 2.05) is 18.2 Å². The minimum absolute atomic E-state index is 0.335. The molecule has 0 aliphatic rings. The monoisotopic (exact) mass is 477 g/mol. The van der Waals surface area contributed by atoms with Crippen LogP contribution in [-0.4, -0.2) is 22.5 Å². The second-order valence-electron chi connectivity index (χ2n) is 7.73. The van der Waals surface area contributed by atoms with Crippen LogP contribution in [0.25, 0.3) is 11.1 Å². The van der Waals surface area contributed by atoms with Crippen LogP contribution in [0.15, 0.2) is 91.3 Å². The van der Waals surface area contributed by atoms with E-state index in [1.165, 1.54) is 18.3 Å². The summed E-state index contributed by atoms with van der Waals surface area (Å²) in [6, 6.07) is 20.6. The van der Waals surface area contributed by atoms with Crippen molar-refractivity contribution >= 4 is 11.6 Å². The Kier molecular flexibility index (Phi) is 7.40. The number of nitrogens with one attached hydrogen (secondary N) is 1. The van der Waals surface area contributed by atoms with E-state index in [0.29, 0.717) is 34.9 Å². The molecule has 2 heterocycles. The quantitative estimate of drug-likeness (QED) is 0.297. The van der Waals surface area contributed by atoms with E-state index >= 15 is 0 Å². The fraction of sp³-hybridized carbons (Fsp3) is 0.148. The van der Waals surface area contributed by atoms with Gasteiger partial charge in [0.1, 0.15) is 0 Å². The third-order valence-corrected chi connectivity index (χ3v) is 5.24. The van der Waals surface area contributed by atoms with Crippen LogP contribution in [0.1, 0.15) is 28.0 Å². The molecule has 0 saturated heterocycles. The molecule has 35 heavy (non-hydrogen) atoms. The van der Waals surface area contributed by atoms with Gasteiger partial charge in [-0.15, -0.1) is 0 Å². The average Bonchev–Trinajstić information content (AvgIpc) is 2.88. The highest BCUT2D eigenvalue weighted by atomic mass is 19.4. The largest absolute Gasteiger partial charge is 0.478 e. The van der Waals surface area contributed by atoms with Crippen LogP contribution in [0.2, 0.25) is 0 Å². The Labute approximate surface area is 200 Å². The second-order valence-corrected chi connectivity index (χ2v) is 7.73. The van der Waals surface area contributed by atoms with Crippen molar-refractivity contribution in [1.29, 1.82) is 0 Å². The van der Waals surface area contributed by atoms with Crippen molar-refractivity contribution < 1.29 is 22.7 Å². The van der Waals surface area contributed by atoms with Crippen molar-refractivity contribution in [3.8, 4) is 17.0 Å². The molecule has 178 valence electrons. The lowest BCUT2D eigenvalue weighted by atomic mass is 9.98. The first kappa shape index (κ1) is 23.9. The average molecular weight is 477 g/mol. The first-order chi connectivity index (χ1) is 16.9. The highest BCUT2D eigenvalue weighted by Crippen LogP contribution is 2.32. The highest BCUT2D eigenvalue weighted by molar-refractivity contribution is 6.08. The zero-order chi connectivity index (χ0) is 24.7. The number of hydrogen-bond donors (Lipinski definition) is 1. The molecular weight excluding hydrogens is 455 g/mol. The van der Waals surface area contributed by atoms with Gasteiger partial charge >= 0.3 is 6.18 Å². The van der Waals surface area contributed by atoms with Gasteiger partial charge in [-0.1, -0.05) is 36.4 Å². The molecule has 0 saturated carbocycles. The fourth-order valence-corrected chi connectivity index (χ4v) is 3.49. The Morgan fingerprint density at radius 1 is 0.886 bits per heavy atom. The number of anilines is 1. The molecule has 5 nitrogen and oxygen atoms in total. The Bertz CT molecular complexity index is 1260. The first-order valence-corrected chi connectivity index (χ1v) is 11.0. The second kappa shape index (κ2) is 10.8. The van der Waals surface area contributed by atoms with Gasteiger partial charge in [0.15, 0.2) is 0 Å². The number of aromatic nitrogens is 2. The molecule has 0 fully saturated rings. The minimum atomic E-state index is -4.42. The van der Waals surface area contributed by atoms with Crippen LogP contribution in [0, 0.1) is 0 Å². The molecule has 0 bridgehead atoms. The fourth-order valence-electron chi connectivity index (χ4n) is 3.49. The number of ether oxygens (including phenoxy) is 1. The molecule has 4 aromatic rings. The van der Waals surface area contributed by atoms with Gasteiger partial charge in [-0.25, -0.2) is 4.98 Å². The number of carbonyl (C=O) groups is 1.